The Bertz CT molecular complexity index is 1050. The van der Waals surface area contributed by atoms with Crippen molar-refractivity contribution in [2.24, 2.45) is 0 Å². The molecule has 0 aromatic heterocycles. The van der Waals surface area contributed by atoms with Crippen LogP contribution in [0.2, 0.25) is 0 Å². The number of anilines is 1. The van der Waals surface area contributed by atoms with Crippen molar-refractivity contribution in [3.63, 3.8) is 0 Å². The minimum absolute atomic E-state index is 0.0711. The van der Waals surface area contributed by atoms with Crippen molar-refractivity contribution in [1.29, 1.82) is 0 Å². The predicted octanol–water partition coefficient (Wildman–Crippen LogP) is 7.73. The van der Waals surface area contributed by atoms with E-state index in [9.17, 15) is 24.2 Å². The Kier molecular flexibility index (Phi) is 5.99. The molecule has 0 N–H and O–H groups in total. The van der Waals surface area contributed by atoms with E-state index in [0.29, 0.717) is 6.07 Å². The van der Waals surface area contributed by atoms with Gasteiger partial charge in [-0.25, -0.2) is 4.79 Å². The van der Waals surface area contributed by atoms with Crippen molar-refractivity contribution in [3.8, 4) is 0 Å². The molecule has 0 radical (unpaired) electrons. The van der Waals surface area contributed by atoms with E-state index in [1.165, 1.54) is 6.92 Å². The molecule has 0 bridgehead atoms. The average molecular weight is 471 g/mol. The number of hydrogen-bond donors (Lipinski definition) is 0. The number of benzene rings is 3. The van der Waals surface area contributed by atoms with Gasteiger partial charge in [0.1, 0.15) is 4.90 Å². The maximum Gasteiger partial charge on any atom is 0.340 e. The van der Waals surface area contributed by atoms with Gasteiger partial charge in [0.15, 0.2) is 0 Å². The van der Waals surface area contributed by atoms with Gasteiger partial charge >= 0.3 is 16.2 Å². The highest BCUT2D eigenvalue weighted by atomic mass is 32.5. The minimum atomic E-state index is -9.99. The van der Waals surface area contributed by atoms with Gasteiger partial charge in [-0.3, -0.25) is 0 Å². The Hall–Kier alpha value is -3.07. The predicted molar refractivity (Wildman–Crippen MR) is 117 cm³/mol. The van der Waals surface area contributed by atoms with Crippen molar-refractivity contribution < 1.29 is 29.0 Å². The third-order valence-corrected chi connectivity index (χ3v) is 5.83. The number of hydrogen-bond acceptors (Lipinski definition) is 3. The highest BCUT2D eigenvalue weighted by molar-refractivity contribution is 8.45. The first-order valence-electron chi connectivity index (χ1n) is 9.75. The molecule has 0 unspecified atom stereocenters. The second-order valence-corrected chi connectivity index (χ2v) is 9.61. The first-order chi connectivity index (χ1) is 14.9. The molecule has 0 spiro atoms. The highest BCUT2D eigenvalue weighted by Crippen LogP contribution is 3.02. The smallest absolute Gasteiger partial charge is 0.340 e. The van der Waals surface area contributed by atoms with E-state index in [0.717, 1.165) is 17.2 Å². The molecule has 32 heavy (non-hydrogen) atoms. The second-order valence-electron chi connectivity index (χ2n) is 7.20. The Morgan fingerprint density at radius 2 is 1.31 bits per heavy atom. The van der Waals surface area contributed by atoms with E-state index in [1.807, 2.05) is 36.4 Å². The molecule has 0 atom stereocenters. The molecule has 3 rings (SSSR count). The van der Waals surface area contributed by atoms with Crippen molar-refractivity contribution in [3.05, 3.63) is 95.6 Å². The number of rotatable bonds is 8. The van der Waals surface area contributed by atoms with Crippen LogP contribution in [0.5, 0.6) is 0 Å². The van der Waals surface area contributed by atoms with Crippen LogP contribution in [0.3, 0.4) is 0 Å². The van der Waals surface area contributed by atoms with Crippen LogP contribution in [0.25, 0.3) is 0 Å². The summed E-state index contributed by atoms with van der Waals surface area (Å²) in [7, 11) is -9.99. The molecule has 3 nitrogen and oxygen atoms in total. The second kappa shape index (κ2) is 8.12. The van der Waals surface area contributed by atoms with Crippen LogP contribution in [0, 0.1) is 0 Å². The van der Waals surface area contributed by atoms with E-state index in [2.05, 4.69) is 0 Å². The summed E-state index contributed by atoms with van der Waals surface area (Å²) >= 11 is 0. The van der Waals surface area contributed by atoms with Gasteiger partial charge in [0.05, 0.1) is 17.9 Å². The fourth-order valence-electron chi connectivity index (χ4n) is 3.24. The van der Waals surface area contributed by atoms with Gasteiger partial charge in [0.2, 0.25) is 0 Å². The Labute approximate surface area is 183 Å². The average Bonchev–Trinajstić information content (AvgIpc) is 2.73. The van der Waals surface area contributed by atoms with Crippen molar-refractivity contribution in [2.45, 2.75) is 24.9 Å². The lowest BCUT2D eigenvalue weighted by Crippen LogP contribution is -2.25. The number of ether oxygens (including phenoxy) is 1. The zero-order valence-electron chi connectivity index (χ0n) is 17.2. The van der Waals surface area contributed by atoms with Gasteiger partial charge in [0.25, 0.3) is 0 Å². The third kappa shape index (κ3) is 6.00. The summed E-state index contributed by atoms with van der Waals surface area (Å²) in [6, 6.07) is 19.6. The van der Waals surface area contributed by atoms with E-state index in [4.69, 9.17) is 4.74 Å². The molecule has 0 saturated heterocycles. The number of carbonyl (C=O) groups excluding carboxylic acids is 1. The summed E-state index contributed by atoms with van der Waals surface area (Å²) in [5.74, 6) is -1.10. The Morgan fingerprint density at radius 1 is 0.812 bits per heavy atom. The molecule has 3 aromatic carbocycles. The van der Waals surface area contributed by atoms with Gasteiger partial charge in [-0.15, -0.1) is 0 Å². The summed E-state index contributed by atoms with van der Waals surface area (Å²) in [6.07, 6.45) is 0. The number of nitrogens with zero attached hydrogens (tertiary/aromatic N) is 1. The molecule has 172 valence electrons. The SMILES string of the molecule is CCOC(=O)c1cc(S(F)(F)(F)(F)F)ccc1N(Cc1ccccc1)Cc1ccccc1. The number of halogens is 5. The molecule has 0 saturated carbocycles. The largest absolute Gasteiger partial charge is 0.462 e. The molecule has 3 aromatic rings. The summed E-state index contributed by atoms with van der Waals surface area (Å²) in [6.45, 7) is 1.84. The third-order valence-electron chi connectivity index (χ3n) is 4.68. The summed E-state index contributed by atoms with van der Waals surface area (Å²) in [5.41, 5.74) is 1.16. The normalized spacial score (nSPS) is 13.7. The van der Waals surface area contributed by atoms with Crippen LogP contribution in [0.1, 0.15) is 28.4 Å². The van der Waals surface area contributed by atoms with Crippen LogP contribution in [0.15, 0.2) is 83.8 Å². The zero-order valence-corrected chi connectivity index (χ0v) is 18.0. The van der Waals surface area contributed by atoms with E-state index < -0.39 is 26.7 Å². The first kappa shape index (κ1) is 23.6. The maximum atomic E-state index is 13.4. The lowest BCUT2D eigenvalue weighted by Gasteiger charge is -2.41. The molecule has 0 amide bonds. The highest BCUT2D eigenvalue weighted by Gasteiger charge is 2.65. The summed E-state index contributed by atoms with van der Waals surface area (Å²) in [4.78, 5) is 12.0. The van der Waals surface area contributed by atoms with Crippen LogP contribution < -0.4 is 4.90 Å². The molecule has 0 aliphatic rings. The van der Waals surface area contributed by atoms with E-state index in [1.54, 1.807) is 29.2 Å². The Morgan fingerprint density at radius 3 is 1.75 bits per heavy atom. The number of carbonyl (C=O) groups is 1. The fraction of sp³-hybridized carbons (Fsp3) is 0.174. The van der Waals surface area contributed by atoms with Crippen LogP contribution in [0.4, 0.5) is 25.1 Å². The summed E-state index contributed by atoms with van der Waals surface area (Å²) < 4.78 is 72.1. The zero-order chi connectivity index (χ0) is 23.5. The molecule has 0 aliphatic heterocycles. The molecular formula is C23H22F5NO2S. The summed E-state index contributed by atoms with van der Waals surface area (Å²) in [5, 5.41) is 0. The molecule has 0 fully saturated rings. The molecule has 0 heterocycles. The van der Waals surface area contributed by atoms with Crippen LogP contribution in [-0.4, -0.2) is 12.6 Å². The van der Waals surface area contributed by atoms with Gasteiger partial charge in [-0.05, 0) is 36.2 Å². The van der Waals surface area contributed by atoms with Crippen molar-refractivity contribution in [1.82, 2.24) is 0 Å². The number of esters is 1. The van der Waals surface area contributed by atoms with Crippen molar-refractivity contribution >= 4 is 21.9 Å². The van der Waals surface area contributed by atoms with Crippen LogP contribution in [-0.2, 0) is 17.8 Å². The maximum absolute atomic E-state index is 13.4. The minimum Gasteiger partial charge on any atom is -0.462 e. The van der Waals surface area contributed by atoms with Gasteiger partial charge in [-0.2, -0.15) is 0 Å². The van der Waals surface area contributed by atoms with Gasteiger partial charge in [-0.1, -0.05) is 80.1 Å². The van der Waals surface area contributed by atoms with Gasteiger partial charge in [0, 0.05) is 13.1 Å². The molecular weight excluding hydrogens is 449 g/mol. The standard InChI is InChI=1S/C23H22F5NO2S/c1-2-31-23(30)21-15-20(32(24,25,26,27)28)13-14-22(21)29(16-18-9-5-3-6-10-18)17-19-11-7-4-8-12-19/h3-15H,2,16-17H2,1H3. The monoisotopic (exact) mass is 471 g/mol. The quantitative estimate of drug-likeness (QED) is 0.249. The topological polar surface area (TPSA) is 29.5 Å². The van der Waals surface area contributed by atoms with E-state index in [-0.39, 0.29) is 31.5 Å². The van der Waals surface area contributed by atoms with Gasteiger partial charge < -0.3 is 9.64 Å². The fourth-order valence-corrected chi connectivity index (χ4v) is 3.90. The molecule has 9 heteroatoms. The molecule has 0 aliphatic carbocycles. The van der Waals surface area contributed by atoms with E-state index >= 15 is 0 Å². The van der Waals surface area contributed by atoms with Crippen LogP contribution >= 0.6 is 10.2 Å². The lowest BCUT2D eigenvalue weighted by atomic mass is 10.1. The lowest BCUT2D eigenvalue weighted by molar-refractivity contribution is 0.0526. The van der Waals surface area contributed by atoms with Crippen molar-refractivity contribution in [2.75, 3.05) is 11.5 Å². The first-order valence-corrected chi connectivity index (χ1v) is 11.7. The Balaban J connectivity index is 2.14.